The fourth-order valence-corrected chi connectivity index (χ4v) is 3.48. The third-order valence-electron chi connectivity index (χ3n) is 4.76. The van der Waals surface area contributed by atoms with Crippen molar-refractivity contribution in [2.45, 2.75) is 38.6 Å². The Morgan fingerprint density at radius 1 is 1.23 bits per heavy atom. The van der Waals surface area contributed by atoms with Gasteiger partial charge in [0, 0.05) is 24.7 Å². The minimum atomic E-state index is -0.481. The van der Waals surface area contributed by atoms with E-state index in [9.17, 15) is 14.0 Å². The number of carbonyl (C=O) groups excluding carboxylic acids is 2. The van der Waals surface area contributed by atoms with Crippen molar-refractivity contribution < 1.29 is 14.0 Å². The van der Waals surface area contributed by atoms with Crippen LogP contribution in [0.25, 0.3) is 0 Å². The number of piperazine rings is 1. The second-order valence-corrected chi connectivity index (χ2v) is 6.16. The van der Waals surface area contributed by atoms with Crippen LogP contribution in [0.2, 0.25) is 0 Å². The maximum Gasteiger partial charge on any atom is 0.249 e. The average molecular weight is 304 g/mol. The van der Waals surface area contributed by atoms with Crippen LogP contribution in [0.15, 0.2) is 24.3 Å². The van der Waals surface area contributed by atoms with E-state index in [0.29, 0.717) is 18.8 Å². The maximum absolute atomic E-state index is 13.4. The quantitative estimate of drug-likeness (QED) is 0.842. The normalized spacial score (nSPS) is 23.2. The number of anilines is 1. The van der Waals surface area contributed by atoms with E-state index in [1.54, 1.807) is 28.9 Å². The van der Waals surface area contributed by atoms with Crippen molar-refractivity contribution in [1.29, 1.82) is 0 Å². The van der Waals surface area contributed by atoms with Gasteiger partial charge in [-0.25, -0.2) is 4.39 Å². The first-order valence-corrected chi connectivity index (χ1v) is 7.95. The Hall–Kier alpha value is -1.91. The average Bonchev–Trinajstić information content (AvgIpc) is 3.03. The van der Waals surface area contributed by atoms with E-state index in [1.165, 1.54) is 12.1 Å². The second-order valence-electron chi connectivity index (χ2n) is 6.16. The van der Waals surface area contributed by atoms with E-state index in [4.69, 9.17) is 0 Å². The van der Waals surface area contributed by atoms with Crippen molar-refractivity contribution in [3.8, 4) is 0 Å². The number of rotatable bonds is 2. The first-order valence-electron chi connectivity index (χ1n) is 7.95. The molecule has 0 N–H and O–H groups in total. The standard InChI is InChI=1S/C17H21FN2O2/c1-12-16(21)20(15-8-4-7-14(18)11-15)10-9-19(12)17(22)13-5-2-3-6-13/h4,7-8,11-13H,2-3,5-6,9-10H2,1H3/t12-/m1/s1. The summed E-state index contributed by atoms with van der Waals surface area (Å²) >= 11 is 0. The number of hydrogen-bond donors (Lipinski definition) is 0. The van der Waals surface area contributed by atoms with Crippen molar-refractivity contribution in [1.82, 2.24) is 4.90 Å². The van der Waals surface area contributed by atoms with E-state index >= 15 is 0 Å². The van der Waals surface area contributed by atoms with Crippen molar-refractivity contribution in [3.05, 3.63) is 30.1 Å². The molecule has 1 aliphatic carbocycles. The predicted molar refractivity (Wildman–Crippen MR) is 81.9 cm³/mol. The monoisotopic (exact) mass is 304 g/mol. The van der Waals surface area contributed by atoms with E-state index in [-0.39, 0.29) is 23.5 Å². The van der Waals surface area contributed by atoms with Crippen LogP contribution >= 0.6 is 0 Å². The molecule has 3 rings (SSSR count). The summed E-state index contributed by atoms with van der Waals surface area (Å²) in [6, 6.07) is 5.56. The molecule has 0 unspecified atom stereocenters. The van der Waals surface area contributed by atoms with Gasteiger partial charge in [0.25, 0.3) is 0 Å². The molecule has 1 saturated carbocycles. The molecule has 0 aromatic heterocycles. The molecule has 0 radical (unpaired) electrons. The summed E-state index contributed by atoms with van der Waals surface area (Å²) in [7, 11) is 0. The SMILES string of the molecule is C[C@@H]1C(=O)N(c2cccc(F)c2)CCN1C(=O)C1CCCC1. The van der Waals surface area contributed by atoms with E-state index < -0.39 is 6.04 Å². The Kier molecular flexibility index (Phi) is 4.14. The van der Waals surface area contributed by atoms with Gasteiger partial charge < -0.3 is 9.80 Å². The Morgan fingerprint density at radius 2 is 1.95 bits per heavy atom. The minimum absolute atomic E-state index is 0.0796. The highest BCUT2D eigenvalue weighted by atomic mass is 19.1. The van der Waals surface area contributed by atoms with Gasteiger partial charge in [0.2, 0.25) is 11.8 Å². The smallest absolute Gasteiger partial charge is 0.249 e. The number of nitrogens with zero attached hydrogens (tertiary/aromatic N) is 2. The molecular formula is C17H21FN2O2. The van der Waals surface area contributed by atoms with Crippen molar-refractivity contribution in [2.75, 3.05) is 18.0 Å². The second kappa shape index (κ2) is 6.07. The molecule has 5 heteroatoms. The van der Waals surface area contributed by atoms with Gasteiger partial charge in [0.05, 0.1) is 0 Å². The summed E-state index contributed by atoms with van der Waals surface area (Å²) < 4.78 is 13.4. The molecule has 0 bridgehead atoms. The first-order chi connectivity index (χ1) is 10.6. The van der Waals surface area contributed by atoms with E-state index in [2.05, 4.69) is 0 Å². The summed E-state index contributed by atoms with van der Waals surface area (Å²) in [6.07, 6.45) is 4.07. The highest BCUT2D eigenvalue weighted by Crippen LogP contribution is 2.29. The van der Waals surface area contributed by atoms with Gasteiger partial charge in [-0.15, -0.1) is 0 Å². The number of amides is 2. The van der Waals surface area contributed by atoms with Crippen LogP contribution in [0.1, 0.15) is 32.6 Å². The van der Waals surface area contributed by atoms with Crippen LogP contribution in [0.3, 0.4) is 0 Å². The molecule has 4 nitrogen and oxygen atoms in total. The van der Waals surface area contributed by atoms with Crippen molar-refractivity contribution >= 4 is 17.5 Å². The lowest BCUT2D eigenvalue weighted by molar-refractivity contribution is -0.143. The van der Waals surface area contributed by atoms with Gasteiger partial charge in [-0.2, -0.15) is 0 Å². The summed E-state index contributed by atoms with van der Waals surface area (Å²) in [6.45, 7) is 2.70. The molecular weight excluding hydrogens is 283 g/mol. The molecule has 1 saturated heterocycles. The fourth-order valence-electron chi connectivity index (χ4n) is 3.48. The molecule has 22 heavy (non-hydrogen) atoms. The van der Waals surface area contributed by atoms with Crippen LogP contribution in [0.5, 0.6) is 0 Å². The molecule has 2 amide bonds. The van der Waals surface area contributed by atoms with Gasteiger partial charge in [-0.3, -0.25) is 9.59 Å². The number of carbonyl (C=O) groups is 2. The summed E-state index contributed by atoms with van der Waals surface area (Å²) in [5, 5.41) is 0. The molecule has 1 aliphatic heterocycles. The maximum atomic E-state index is 13.4. The lowest BCUT2D eigenvalue weighted by atomic mass is 10.0. The number of hydrogen-bond acceptors (Lipinski definition) is 2. The molecule has 1 atom stereocenters. The van der Waals surface area contributed by atoms with Crippen LogP contribution in [0, 0.1) is 11.7 Å². The minimum Gasteiger partial charge on any atom is -0.329 e. The summed E-state index contributed by atoms with van der Waals surface area (Å²) in [4.78, 5) is 28.4. The molecule has 2 fully saturated rings. The van der Waals surface area contributed by atoms with Crippen LogP contribution in [-0.2, 0) is 9.59 Å². The predicted octanol–water partition coefficient (Wildman–Crippen LogP) is 2.58. The van der Waals surface area contributed by atoms with Crippen LogP contribution < -0.4 is 4.90 Å². The zero-order chi connectivity index (χ0) is 15.7. The van der Waals surface area contributed by atoms with Gasteiger partial charge >= 0.3 is 0 Å². The molecule has 1 aromatic carbocycles. The Bertz CT molecular complexity index is 584. The topological polar surface area (TPSA) is 40.6 Å². The number of halogens is 1. The zero-order valence-electron chi connectivity index (χ0n) is 12.8. The van der Waals surface area contributed by atoms with Crippen molar-refractivity contribution in [2.24, 2.45) is 5.92 Å². The molecule has 1 heterocycles. The largest absolute Gasteiger partial charge is 0.329 e. The van der Waals surface area contributed by atoms with E-state index in [0.717, 1.165) is 25.7 Å². The van der Waals surface area contributed by atoms with Gasteiger partial charge in [0.1, 0.15) is 11.9 Å². The fraction of sp³-hybridized carbons (Fsp3) is 0.529. The molecule has 118 valence electrons. The van der Waals surface area contributed by atoms with Gasteiger partial charge in [-0.05, 0) is 38.0 Å². The Morgan fingerprint density at radius 3 is 2.64 bits per heavy atom. The summed E-state index contributed by atoms with van der Waals surface area (Å²) in [5.74, 6) is -0.307. The third-order valence-corrected chi connectivity index (χ3v) is 4.76. The molecule has 2 aliphatic rings. The van der Waals surface area contributed by atoms with Gasteiger partial charge in [-0.1, -0.05) is 18.9 Å². The number of benzene rings is 1. The lowest BCUT2D eigenvalue weighted by Crippen LogP contribution is -2.58. The van der Waals surface area contributed by atoms with Crippen LogP contribution in [0.4, 0.5) is 10.1 Å². The Balaban J connectivity index is 1.74. The molecule has 1 aromatic rings. The first kappa shape index (κ1) is 15.0. The van der Waals surface area contributed by atoms with Crippen LogP contribution in [-0.4, -0.2) is 35.8 Å². The highest BCUT2D eigenvalue weighted by Gasteiger charge is 2.38. The molecule has 0 spiro atoms. The zero-order valence-corrected chi connectivity index (χ0v) is 12.8. The van der Waals surface area contributed by atoms with E-state index in [1.807, 2.05) is 0 Å². The summed E-state index contributed by atoms with van der Waals surface area (Å²) in [5.41, 5.74) is 0.560. The van der Waals surface area contributed by atoms with Crippen molar-refractivity contribution in [3.63, 3.8) is 0 Å². The van der Waals surface area contributed by atoms with Gasteiger partial charge in [0.15, 0.2) is 0 Å². The highest BCUT2D eigenvalue weighted by molar-refractivity contribution is 6.00. The Labute approximate surface area is 129 Å². The lowest BCUT2D eigenvalue weighted by Gasteiger charge is -2.40. The third kappa shape index (κ3) is 2.72.